The van der Waals surface area contributed by atoms with Gasteiger partial charge in [-0.05, 0) is 81.9 Å². The van der Waals surface area contributed by atoms with E-state index in [1.54, 1.807) is 0 Å². The van der Waals surface area contributed by atoms with Gasteiger partial charge in [0.1, 0.15) is 6.07 Å². The molecule has 9 aromatic rings. The first-order chi connectivity index (χ1) is 22.7. The van der Waals surface area contributed by atoms with E-state index in [4.69, 9.17) is 0 Å². The Hall–Kier alpha value is -5.53. The van der Waals surface area contributed by atoms with Gasteiger partial charge in [0, 0.05) is 51.5 Å². The topological polar surface area (TPSA) is 23.8 Å². The maximum Gasteiger partial charge on any atom is 0.100 e. The molecule has 0 radical (unpaired) electrons. The average molecular weight is 620 g/mol. The molecule has 3 heteroatoms. The zero-order valence-corrected chi connectivity index (χ0v) is 26.3. The predicted octanol–water partition coefficient (Wildman–Crippen LogP) is 13.0. The molecular weight excluding hydrogens is 595 g/mol. The van der Waals surface area contributed by atoms with Crippen molar-refractivity contribution in [1.82, 2.24) is 0 Å². The molecule has 1 nitrogen and oxygen atoms in total. The summed E-state index contributed by atoms with van der Waals surface area (Å²) in [4.78, 5) is 0. The summed E-state index contributed by atoms with van der Waals surface area (Å²) in [5.41, 5.74) is 9.31. The summed E-state index contributed by atoms with van der Waals surface area (Å²) in [6.07, 6.45) is 0. The van der Waals surface area contributed by atoms with Crippen molar-refractivity contribution in [3.63, 3.8) is 0 Å². The minimum atomic E-state index is 0.697. The van der Waals surface area contributed by atoms with Crippen LogP contribution in [0, 0.1) is 11.3 Å². The minimum Gasteiger partial charge on any atom is -0.192 e. The largest absolute Gasteiger partial charge is 0.192 e. The Morgan fingerprint density at radius 3 is 1.28 bits per heavy atom. The molecule has 0 aliphatic heterocycles. The van der Waals surface area contributed by atoms with Crippen LogP contribution in [0.15, 0.2) is 152 Å². The minimum absolute atomic E-state index is 0.697. The number of rotatable bonds is 4. The van der Waals surface area contributed by atoms with Gasteiger partial charge in [0.15, 0.2) is 0 Å². The Labute approximate surface area is 274 Å². The molecule has 7 aromatic carbocycles. The Bertz CT molecular complexity index is 2500. The van der Waals surface area contributed by atoms with E-state index in [2.05, 4.69) is 152 Å². The predicted molar refractivity (Wildman–Crippen MR) is 199 cm³/mol. The Morgan fingerprint density at radius 1 is 0.348 bits per heavy atom. The second-order valence-corrected chi connectivity index (χ2v) is 13.8. The zero-order valence-electron chi connectivity index (χ0n) is 24.7. The molecule has 0 spiro atoms. The van der Waals surface area contributed by atoms with Crippen LogP contribution in [0.5, 0.6) is 0 Å². The molecule has 0 atom stereocenters. The van der Waals surface area contributed by atoms with Crippen LogP contribution >= 0.6 is 22.7 Å². The average Bonchev–Trinajstić information content (AvgIpc) is 3.69. The Balaban J connectivity index is 1.28. The zero-order chi connectivity index (χ0) is 30.6. The van der Waals surface area contributed by atoms with Crippen LogP contribution in [0.3, 0.4) is 0 Å². The summed E-state index contributed by atoms with van der Waals surface area (Å²) in [6, 6.07) is 56.7. The van der Waals surface area contributed by atoms with Gasteiger partial charge < -0.3 is 0 Å². The van der Waals surface area contributed by atoms with Gasteiger partial charge in [-0.25, -0.2) is 0 Å². The van der Waals surface area contributed by atoms with Crippen molar-refractivity contribution in [3.8, 4) is 50.6 Å². The molecule has 0 N–H and O–H groups in total. The number of nitrogens with zero attached hydrogens (tertiary/aromatic N) is 1. The van der Waals surface area contributed by atoms with Crippen molar-refractivity contribution in [2.24, 2.45) is 0 Å². The van der Waals surface area contributed by atoms with E-state index in [1.165, 1.54) is 51.5 Å². The standard InChI is InChI=1S/C43H25NS2/c44-26-39-35(30-18-20-42-37(22-30)33-10-4-6-12-40(33)45-42)24-32(29-16-14-28(15-17-29)27-8-2-1-3-9-27)25-36(39)31-19-21-43-38(23-31)34-11-5-7-13-41(34)46-43/h1-25H. The molecule has 0 aliphatic rings. The highest BCUT2D eigenvalue weighted by atomic mass is 32.1. The first-order valence-corrected chi connectivity index (χ1v) is 16.9. The third-order valence-electron chi connectivity index (χ3n) is 8.95. The fraction of sp³-hybridized carbons (Fsp3) is 0. The van der Waals surface area contributed by atoms with Gasteiger partial charge in [0.2, 0.25) is 0 Å². The van der Waals surface area contributed by atoms with Gasteiger partial charge >= 0.3 is 0 Å². The molecule has 0 amide bonds. The molecular formula is C43H25NS2. The molecule has 0 saturated heterocycles. The fourth-order valence-electron chi connectivity index (χ4n) is 6.66. The smallest absolute Gasteiger partial charge is 0.100 e. The van der Waals surface area contributed by atoms with Crippen molar-refractivity contribution in [1.29, 1.82) is 5.26 Å². The quantitative estimate of drug-likeness (QED) is 0.192. The van der Waals surface area contributed by atoms with Crippen molar-refractivity contribution >= 4 is 63.0 Å². The molecule has 9 rings (SSSR count). The second-order valence-electron chi connectivity index (χ2n) is 11.6. The summed E-state index contributed by atoms with van der Waals surface area (Å²) in [7, 11) is 0. The SMILES string of the molecule is N#Cc1c(-c2ccc3sc4ccccc4c3c2)cc(-c2ccc(-c3ccccc3)cc2)cc1-c1ccc2sc3ccccc3c2c1. The molecule has 2 heterocycles. The van der Waals surface area contributed by atoms with E-state index in [1.807, 2.05) is 28.7 Å². The van der Waals surface area contributed by atoms with Crippen molar-refractivity contribution < 1.29 is 0 Å². The summed E-state index contributed by atoms with van der Waals surface area (Å²) < 4.78 is 5.07. The van der Waals surface area contributed by atoms with E-state index in [0.717, 1.165) is 33.4 Å². The van der Waals surface area contributed by atoms with Crippen molar-refractivity contribution in [2.45, 2.75) is 0 Å². The summed E-state index contributed by atoms with van der Waals surface area (Å²) in [5.74, 6) is 0. The maximum atomic E-state index is 10.8. The third-order valence-corrected chi connectivity index (χ3v) is 11.3. The number of fused-ring (bicyclic) bond motifs is 6. The molecule has 0 bridgehead atoms. The lowest BCUT2D eigenvalue weighted by molar-refractivity contribution is 1.47. The van der Waals surface area contributed by atoms with E-state index < -0.39 is 0 Å². The van der Waals surface area contributed by atoms with Gasteiger partial charge in [0.05, 0.1) is 5.56 Å². The van der Waals surface area contributed by atoms with Crippen molar-refractivity contribution in [2.75, 3.05) is 0 Å². The number of nitriles is 1. The van der Waals surface area contributed by atoms with Gasteiger partial charge in [-0.2, -0.15) is 5.26 Å². The van der Waals surface area contributed by atoms with Gasteiger partial charge in [-0.15, -0.1) is 22.7 Å². The number of hydrogen-bond donors (Lipinski definition) is 0. The monoisotopic (exact) mass is 619 g/mol. The van der Waals surface area contributed by atoms with E-state index in [-0.39, 0.29) is 0 Å². The van der Waals surface area contributed by atoms with E-state index >= 15 is 0 Å². The number of hydrogen-bond acceptors (Lipinski definition) is 3. The normalized spacial score (nSPS) is 11.5. The van der Waals surface area contributed by atoms with Crippen LogP contribution < -0.4 is 0 Å². The first-order valence-electron chi connectivity index (χ1n) is 15.3. The first kappa shape index (κ1) is 26.8. The fourth-order valence-corrected chi connectivity index (χ4v) is 8.83. The summed E-state index contributed by atoms with van der Waals surface area (Å²) in [6.45, 7) is 0. The summed E-state index contributed by atoms with van der Waals surface area (Å²) in [5, 5.41) is 15.8. The highest BCUT2D eigenvalue weighted by molar-refractivity contribution is 7.26. The van der Waals surface area contributed by atoms with Gasteiger partial charge in [0.25, 0.3) is 0 Å². The Kier molecular flexibility index (Phi) is 6.31. The van der Waals surface area contributed by atoms with Crippen molar-refractivity contribution in [3.05, 3.63) is 157 Å². The van der Waals surface area contributed by atoms with Crippen LogP contribution in [0.1, 0.15) is 5.56 Å². The van der Waals surface area contributed by atoms with Crippen LogP contribution in [-0.4, -0.2) is 0 Å². The number of benzene rings is 7. The highest BCUT2D eigenvalue weighted by Crippen LogP contribution is 2.43. The molecule has 46 heavy (non-hydrogen) atoms. The molecule has 0 fully saturated rings. The molecule has 2 aromatic heterocycles. The Morgan fingerprint density at radius 2 is 0.761 bits per heavy atom. The lowest BCUT2D eigenvalue weighted by Crippen LogP contribution is -1.93. The molecule has 0 unspecified atom stereocenters. The van der Waals surface area contributed by atoms with Crippen LogP contribution in [0.4, 0.5) is 0 Å². The molecule has 214 valence electrons. The van der Waals surface area contributed by atoms with E-state index in [9.17, 15) is 5.26 Å². The van der Waals surface area contributed by atoms with Crippen LogP contribution in [0.2, 0.25) is 0 Å². The summed E-state index contributed by atoms with van der Waals surface area (Å²) >= 11 is 3.63. The van der Waals surface area contributed by atoms with Crippen LogP contribution in [0.25, 0.3) is 84.9 Å². The van der Waals surface area contributed by atoms with Gasteiger partial charge in [-0.3, -0.25) is 0 Å². The lowest BCUT2D eigenvalue weighted by Gasteiger charge is -2.15. The lowest BCUT2D eigenvalue weighted by atomic mass is 9.87. The maximum absolute atomic E-state index is 10.8. The second kappa shape index (κ2) is 10.8. The van der Waals surface area contributed by atoms with E-state index in [0.29, 0.717) is 5.56 Å². The van der Waals surface area contributed by atoms with Gasteiger partial charge in [-0.1, -0.05) is 103 Å². The number of thiophene rings is 2. The van der Waals surface area contributed by atoms with Crippen LogP contribution in [-0.2, 0) is 0 Å². The third kappa shape index (κ3) is 4.43. The molecule has 0 saturated carbocycles. The molecule has 0 aliphatic carbocycles. The highest BCUT2D eigenvalue weighted by Gasteiger charge is 2.18.